The maximum absolute atomic E-state index is 13.2. The number of pyridine rings is 1. The fourth-order valence-electron chi connectivity index (χ4n) is 3.37. The summed E-state index contributed by atoms with van der Waals surface area (Å²) in [6, 6.07) is 24.0. The van der Waals surface area contributed by atoms with Gasteiger partial charge in [-0.05, 0) is 40.6 Å². The second kappa shape index (κ2) is 6.60. The average Bonchev–Trinajstić information content (AvgIpc) is 3.07. The zero-order valence-corrected chi connectivity index (χ0v) is 16.1. The Hall–Kier alpha value is -2.61. The van der Waals surface area contributed by atoms with Crippen molar-refractivity contribution in [3.8, 4) is 22.4 Å². The first kappa shape index (κ1) is 16.8. The Morgan fingerprint density at radius 1 is 0.808 bits per heavy atom. The van der Waals surface area contributed by atoms with Gasteiger partial charge in [-0.25, -0.2) is 4.39 Å². The summed E-state index contributed by atoms with van der Waals surface area (Å²) in [5.74, 6) is -0.228. The molecule has 1 heterocycles. The third kappa shape index (κ3) is 2.80. The molecule has 0 atom stereocenters. The minimum atomic E-state index is -0.228. The van der Waals surface area contributed by atoms with Crippen LogP contribution in [0.1, 0.15) is 11.1 Å². The summed E-state index contributed by atoms with van der Waals surface area (Å²) in [7, 11) is 0. The number of halogens is 1. The van der Waals surface area contributed by atoms with Crippen LogP contribution in [0.4, 0.5) is 4.39 Å². The van der Waals surface area contributed by atoms with Crippen molar-refractivity contribution in [2.75, 3.05) is 0 Å². The molecule has 0 aliphatic heterocycles. The van der Waals surface area contributed by atoms with E-state index in [1.807, 2.05) is 24.3 Å². The molecule has 1 aliphatic rings. The molecule has 1 aliphatic carbocycles. The number of benzene rings is 3. The molecule has 0 saturated carbocycles. The number of nitrogens with zero attached hydrogens (tertiary/aromatic N) is 1. The first-order chi connectivity index (χ1) is 12.3. The van der Waals surface area contributed by atoms with E-state index in [4.69, 9.17) is 4.98 Å². The zero-order chi connectivity index (χ0) is 16.8. The molecule has 26 heavy (non-hydrogen) atoms. The topological polar surface area (TPSA) is 12.9 Å². The maximum atomic E-state index is 13.2. The first-order valence-electron chi connectivity index (χ1n) is 8.18. The summed E-state index contributed by atoms with van der Waals surface area (Å²) in [6.45, 7) is 0. The minimum absolute atomic E-state index is 0. The van der Waals surface area contributed by atoms with Gasteiger partial charge in [-0.15, -0.1) is 35.4 Å². The number of rotatable bonds is 2. The van der Waals surface area contributed by atoms with Crippen LogP contribution in [0.2, 0.25) is 0 Å². The van der Waals surface area contributed by atoms with Crippen molar-refractivity contribution in [2.24, 2.45) is 0 Å². The van der Waals surface area contributed by atoms with E-state index in [9.17, 15) is 4.39 Å². The Kier molecular flexibility index (Phi) is 4.28. The molecule has 5 rings (SSSR count). The van der Waals surface area contributed by atoms with Crippen LogP contribution in [-0.4, -0.2) is 4.98 Å². The predicted molar refractivity (Wildman–Crippen MR) is 100 cm³/mol. The molecule has 0 unspecified atom stereocenters. The molecule has 0 amide bonds. The molecule has 0 N–H and O–H groups in total. The number of hydrogen-bond donors (Lipinski definition) is 0. The normalized spacial score (nSPS) is 11.6. The molecule has 127 valence electrons. The molecule has 1 radical (unpaired) electrons. The van der Waals surface area contributed by atoms with Gasteiger partial charge < -0.3 is 0 Å². The fourth-order valence-corrected chi connectivity index (χ4v) is 3.37. The van der Waals surface area contributed by atoms with E-state index >= 15 is 0 Å². The van der Waals surface area contributed by atoms with Crippen LogP contribution >= 0.6 is 0 Å². The smallest absolute Gasteiger partial charge is 0.123 e. The fraction of sp³-hybridized carbons (Fsp3) is 0. The van der Waals surface area contributed by atoms with Gasteiger partial charge in [-0.2, -0.15) is 0 Å². The summed E-state index contributed by atoms with van der Waals surface area (Å²) >= 11 is 0. The maximum Gasteiger partial charge on any atom is 0.123 e. The Morgan fingerprint density at radius 2 is 1.62 bits per heavy atom. The van der Waals surface area contributed by atoms with Gasteiger partial charge in [0, 0.05) is 25.5 Å². The van der Waals surface area contributed by atoms with Crippen molar-refractivity contribution >= 4 is 23.1 Å². The molecule has 4 aromatic rings. The molecular formula is C23H13FIrN-. The number of aromatic nitrogens is 1. The summed E-state index contributed by atoms with van der Waals surface area (Å²) < 4.78 is 13.2. The second-order valence-electron chi connectivity index (χ2n) is 6.17. The molecule has 0 spiro atoms. The van der Waals surface area contributed by atoms with E-state index in [1.165, 1.54) is 28.6 Å². The van der Waals surface area contributed by atoms with Crippen LogP contribution in [0.25, 0.3) is 45.4 Å². The Labute approximate surface area is 164 Å². The third-order valence-electron chi connectivity index (χ3n) is 4.59. The van der Waals surface area contributed by atoms with Crippen molar-refractivity contribution in [1.29, 1.82) is 0 Å². The quantitative estimate of drug-likeness (QED) is 0.264. The van der Waals surface area contributed by atoms with E-state index in [-0.39, 0.29) is 25.9 Å². The summed E-state index contributed by atoms with van der Waals surface area (Å²) in [5, 5.41) is 1.21. The summed E-state index contributed by atoms with van der Waals surface area (Å²) in [6.07, 6.45) is 4.26. The van der Waals surface area contributed by atoms with Crippen molar-refractivity contribution in [3.05, 3.63) is 89.7 Å². The molecule has 3 aromatic carbocycles. The van der Waals surface area contributed by atoms with E-state index in [2.05, 4.69) is 36.4 Å². The van der Waals surface area contributed by atoms with E-state index in [1.54, 1.807) is 12.1 Å². The Balaban J connectivity index is 0.00000168. The van der Waals surface area contributed by atoms with Crippen LogP contribution in [0, 0.1) is 11.9 Å². The van der Waals surface area contributed by atoms with Gasteiger partial charge in [0.15, 0.2) is 0 Å². The van der Waals surface area contributed by atoms with E-state index in [0.29, 0.717) is 0 Å². The van der Waals surface area contributed by atoms with Crippen LogP contribution in [0.5, 0.6) is 0 Å². The van der Waals surface area contributed by atoms with Gasteiger partial charge in [0.05, 0.1) is 5.52 Å². The number of hydrogen-bond acceptors (Lipinski definition) is 1. The van der Waals surface area contributed by atoms with Crippen molar-refractivity contribution in [1.82, 2.24) is 4.98 Å². The van der Waals surface area contributed by atoms with Gasteiger partial charge in [0.2, 0.25) is 0 Å². The Morgan fingerprint density at radius 3 is 2.46 bits per heavy atom. The van der Waals surface area contributed by atoms with E-state index in [0.717, 1.165) is 27.9 Å². The van der Waals surface area contributed by atoms with Gasteiger partial charge >= 0.3 is 0 Å². The molecule has 0 fully saturated rings. The summed E-state index contributed by atoms with van der Waals surface area (Å²) in [5.41, 5.74) is 7.24. The van der Waals surface area contributed by atoms with Crippen LogP contribution in [0.3, 0.4) is 0 Å². The molecule has 3 heteroatoms. The van der Waals surface area contributed by atoms with Gasteiger partial charge in [-0.3, -0.25) is 4.98 Å². The van der Waals surface area contributed by atoms with Crippen LogP contribution in [0.15, 0.2) is 66.7 Å². The SMILES string of the molecule is Fc1ccc(-c2cc[c-]c(-c3cc4c5c(cccc5n3)C=C4)c2)cc1.[Ir]. The largest absolute Gasteiger partial charge is 0.296 e. The molecule has 0 bridgehead atoms. The summed E-state index contributed by atoms with van der Waals surface area (Å²) in [4.78, 5) is 4.82. The van der Waals surface area contributed by atoms with Crippen molar-refractivity contribution < 1.29 is 24.5 Å². The van der Waals surface area contributed by atoms with Crippen LogP contribution in [-0.2, 0) is 20.1 Å². The van der Waals surface area contributed by atoms with E-state index < -0.39 is 0 Å². The van der Waals surface area contributed by atoms with Gasteiger partial charge in [-0.1, -0.05) is 42.5 Å². The second-order valence-corrected chi connectivity index (χ2v) is 6.17. The monoisotopic (exact) mass is 515 g/mol. The molecule has 1 aromatic heterocycles. The van der Waals surface area contributed by atoms with Crippen molar-refractivity contribution in [2.45, 2.75) is 0 Å². The van der Waals surface area contributed by atoms with Crippen molar-refractivity contribution in [3.63, 3.8) is 0 Å². The van der Waals surface area contributed by atoms with Gasteiger partial charge in [0.1, 0.15) is 5.82 Å². The predicted octanol–water partition coefficient (Wildman–Crippen LogP) is 5.99. The molecular weight excluding hydrogens is 501 g/mol. The first-order valence-corrected chi connectivity index (χ1v) is 8.18. The minimum Gasteiger partial charge on any atom is -0.296 e. The standard InChI is InChI=1S/C23H13FN.Ir/c24-20-11-9-15(10-12-20)17-4-1-5-18(13-17)22-14-19-8-7-16-3-2-6-21(25-22)23(16)19;/h1-4,6-14H;/q-1;. The van der Waals surface area contributed by atoms with Gasteiger partial charge in [0.25, 0.3) is 0 Å². The third-order valence-corrected chi connectivity index (χ3v) is 4.59. The zero-order valence-electron chi connectivity index (χ0n) is 13.7. The Bertz CT molecular complexity index is 1150. The molecule has 0 saturated heterocycles. The van der Waals surface area contributed by atoms with Crippen LogP contribution < -0.4 is 0 Å². The average molecular weight is 515 g/mol. The molecule has 1 nitrogen and oxygen atoms in total.